The third-order valence-electron chi connectivity index (χ3n) is 3.89. The fourth-order valence-electron chi connectivity index (χ4n) is 2.84. The molecule has 1 aliphatic carbocycles. The third kappa shape index (κ3) is 3.82. The highest BCUT2D eigenvalue weighted by molar-refractivity contribution is 9.10. The van der Waals surface area contributed by atoms with Crippen molar-refractivity contribution in [3.8, 4) is 0 Å². The van der Waals surface area contributed by atoms with Gasteiger partial charge < -0.3 is 10.4 Å². The highest BCUT2D eigenvalue weighted by Gasteiger charge is 2.34. The van der Waals surface area contributed by atoms with Crippen LogP contribution in [0.15, 0.2) is 15.9 Å². The Labute approximate surface area is 130 Å². The van der Waals surface area contributed by atoms with Gasteiger partial charge in [0.2, 0.25) is 0 Å². The number of hydrogen-bond donors (Lipinski definition) is 2. The Bertz CT molecular complexity index is 494. The average Bonchev–Trinajstić information content (AvgIpc) is 2.83. The number of carbonyl (C=O) groups is 2. The van der Waals surface area contributed by atoms with Crippen LogP contribution in [0.5, 0.6) is 0 Å². The molecule has 1 heterocycles. The minimum Gasteiger partial charge on any atom is -0.481 e. The number of carbonyl (C=O) groups excluding carboxylic acids is 1. The van der Waals surface area contributed by atoms with Crippen LogP contribution >= 0.6 is 27.3 Å². The van der Waals surface area contributed by atoms with E-state index in [-0.39, 0.29) is 17.7 Å². The van der Waals surface area contributed by atoms with Crippen molar-refractivity contribution in [2.45, 2.75) is 38.5 Å². The first-order chi connectivity index (χ1) is 9.52. The van der Waals surface area contributed by atoms with E-state index in [1.54, 1.807) is 0 Å². The van der Waals surface area contributed by atoms with Gasteiger partial charge in [0, 0.05) is 11.0 Å². The number of hydrogen-bond acceptors (Lipinski definition) is 3. The molecule has 1 aliphatic rings. The first-order valence-electron chi connectivity index (χ1n) is 6.75. The predicted molar refractivity (Wildman–Crippen MR) is 82.1 cm³/mol. The highest BCUT2D eigenvalue weighted by atomic mass is 79.9. The largest absolute Gasteiger partial charge is 0.481 e. The van der Waals surface area contributed by atoms with Gasteiger partial charge in [-0.05, 0) is 45.6 Å². The number of carboxylic acids is 1. The maximum absolute atomic E-state index is 12.1. The predicted octanol–water partition coefficient (Wildman–Crippen LogP) is 3.67. The number of carboxylic acid groups (broad SMARTS) is 1. The number of halogens is 1. The average molecular weight is 360 g/mol. The number of thiophene rings is 1. The molecule has 0 saturated heterocycles. The smallest absolute Gasteiger partial charge is 0.303 e. The molecule has 110 valence electrons. The third-order valence-corrected chi connectivity index (χ3v) is 5.72. The van der Waals surface area contributed by atoms with Gasteiger partial charge in [0.1, 0.15) is 4.88 Å². The summed E-state index contributed by atoms with van der Waals surface area (Å²) in [6, 6.07) is 1.84. The SMILES string of the molecule is O=C(O)CC1(CNC(=O)c2sccc2Br)CCCCC1. The fourth-order valence-corrected chi connectivity index (χ4v) is 4.31. The molecule has 0 aromatic carbocycles. The quantitative estimate of drug-likeness (QED) is 0.842. The molecule has 1 amide bonds. The van der Waals surface area contributed by atoms with E-state index in [2.05, 4.69) is 21.2 Å². The van der Waals surface area contributed by atoms with Crippen molar-refractivity contribution in [2.24, 2.45) is 5.41 Å². The lowest BCUT2D eigenvalue weighted by molar-refractivity contribution is -0.140. The summed E-state index contributed by atoms with van der Waals surface area (Å²) in [7, 11) is 0. The van der Waals surface area contributed by atoms with Crippen LogP contribution in [0.2, 0.25) is 0 Å². The molecule has 0 atom stereocenters. The Hall–Kier alpha value is -0.880. The van der Waals surface area contributed by atoms with E-state index < -0.39 is 5.97 Å². The van der Waals surface area contributed by atoms with Gasteiger partial charge in [-0.15, -0.1) is 11.3 Å². The summed E-state index contributed by atoms with van der Waals surface area (Å²) < 4.78 is 0.788. The fraction of sp³-hybridized carbons (Fsp3) is 0.571. The molecule has 2 rings (SSSR count). The Morgan fingerprint density at radius 2 is 2.05 bits per heavy atom. The number of aliphatic carboxylic acids is 1. The zero-order chi connectivity index (χ0) is 14.6. The van der Waals surface area contributed by atoms with E-state index in [4.69, 9.17) is 5.11 Å². The highest BCUT2D eigenvalue weighted by Crippen LogP contribution is 2.39. The topological polar surface area (TPSA) is 66.4 Å². The number of amides is 1. The monoisotopic (exact) mass is 359 g/mol. The zero-order valence-electron chi connectivity index (χ0n) is 11.2. The molecular formula is C14H18BrNO3S. The van der Waals surface area contributed by atoms with Gasteiger partial charge in [-0.25, -0.2) is 0 Å². The second-order valence-electron chi connectivity index (χ2n) is 5.41. The Balaban J connectivity index is 2.00. The van der Waals surface area contributed by atoms with Crippen molar-refractivity contribution in [2.75, 3.05) is 6.54 Å². The van der Waals surface area contributed by atoms with E-state index in [0.717, 1.165) is 36.6 Å². The van der Waals surface area contributed by atoms with Gasteiger partial charge in [-0.2, -0.15) is 0 Å². The maximum atomic E-state index is 12.1. The van der Waals surface area contributed by atoms with Gasteiger partial charge in [0.15, 0.2) is 0 Å². The second kappa shape index (κ2) is 6.72. The van der Waals surface area contributed by atoms with Gasteiger partial charge in [0.05, 0.1) is 6.42 Å². The zero-order valence-corrected chi connectivity index (χ0v) is 13.6. The molecule has 0 unspecified atom stereocenters. The van der Waals surface area contributed by atoms with Crippen molar-refractivity contribution in [3.63, 3.8) is 0 Å². The van der Waals surface area contributed by atoms with Gasteiger partial charge in [0.25, 0.3) is 5.91 Å². The standard InChI is InChI=1S/C14H18BrNO3S/c15-10-4-7-20-12(10)13(19)16-9-14(8-11(17)18)5-2-1-3-6-14/h4,7H,1-3,5-6,8-9H2,(H,16,19)(H,17,18). The van der Waals surface area contributed by atoms with E-state index in [9.17, 15) is 9.59 Å². The Morgan fingerprint density at radius 1 is 1.35 bits per heavy atom. The van der Waals surface area contributed by atoms with Crippen LogP contribution in [-0.2, 0) is 4.79 Å². The summed E-state index contributed by atoms with van der Waals surface area (Å²) in [6.45, 7) is 0.447. The first-order valence-corrected chi connectivity index (χ1v) is 8.43. The minimum atomic E-state index is -0.779. The van der Waals surface area contributed by atoms with Crippen LogP contribution in [0.1, 0.15) is 48.2 Å². The minimum absolute atomic E-state index is 0.123. The molecule has 0 spiro atoms. The van der Waals surface area contributed by atoms with E-state index in [0.29, 0.717) is 11.4 Å². The van der Waals surface area contributed by atoms with Gasteiger partial charge in [-0.3, -0.25) is 9.59 Å². The second-order valence-corrected chi connectivity index (χ2v) is 7.18. The van der Waals surface area contributed by atoms with Crippen LogP contribution in [-0.4, -0.2) is 23.5 Å². The molecule has 0 bridgehead atoms. The lowest BCUT2D eigenvalue weighted by Crippen LogP contribution is -2.40. The van der Waals surface area contributed by atoms with Crippen LogP contribution in [0.25, 0.3) is 0 Å². The molecule has 0 radical (unpaired) electrons. The number of rotatable bonds is 5. The van der Waals surface area contributed by atoms with Crippen molar-refractivity contribution in [3.05, 3.63) is 20.8 Å². The van der Waals surface area contributed by atoms with E-state index in [1.165, 1.54) is 11.3 Å². The van der Waals surface area contributed by atoms with Crippen molar-refractivity contribution < 1.29 is 14.7 Å². The van der Waals surface area contributed by atoms with Gasteiger partial charge in [-0.1, -0.05) is 19.3 Å². The van der Waals surface area contributed by atoms with E-state index in [1.807, 2.05) is 11.4 Å². The maximum Gasteiger partial charge on any atom is 0.303 e. The molecule has 6 heteroatoms. The van der Waals surface area contributed by atoms with Crippen LogP contribution in [0.3, 0.4) is 0 Å². The Morgan fingerprint density at radius 3 is 2.60 bits per heavy atom. The first kappa shape index (κ1) is 15.5. The summed E-state index contributed by atoms with van der Waals surface area (Å²) in [5.41, 5.74) is -0.274. The van der Waals surface area contributed by atoms with Crippen LogP contribution < -0.4 is 5.32 Å². The van der Waals surface area contributed by atoms with Crippen molar-refractivity contribution in [1.82, 2.24) is 5.32 Å². The summed E-state index contributed by atoms with van der Waals surface area (Å²) in [5.74, 6) is -0.902. The molecule has 4 nitrogen and oxygen atoms in total. The Kier molecular flexibility index (Phi) is 5.21. The summed E-state index contributed by atoms with van der Waals surface area (Å²) in [5, 5.41) is 13.9. The molecule has 20 heavy (non-hydrogen) atoms. The molecular weight excluding hydrogens is 342 g/mol. The molecule has 1 aromatic heterocycles. The summed E-state index contributed by atoms with van der Waals surface area (Å²) >= 11 is 4.72. The summed E-state index contributed by atoms with van der Waals surface area (Å²) in [6.07, 6.45) is 5.15. The molecule has 1 aromatic rings. The lowest BCUT2D eigenvalue weighted by Gasteiger charge is -2.36. The molecule has 2 N–H and O–H groups in total. The molecule has 1 saturated carbocycles. The lowest BCUT2D eigenvalue weighted by atomic mass is 9.71. The van der Waals surface area contributed by atoms with Gasteiger partial charge >= 0.3 is 5.97 Å². The van der Waals surface area contributed by atoms with Crippen molar-refractivity contribution in [1.29, 1.82) is 0 Å². The summed E-state index contributed by atoms with van der Waals surface area (Å²) in [4.78, 5) is 23.8. The van der Waals surface area contributed by atoms with Crippen LogP contribution in [0, 0.1) is 5.41 Å². The van der Waals surface area contributed by atoms with Crippen LogP contribution in [0.4, 0.5) is 0 Å². The molecule has 0 aliphatic heterocycles. The molecule has 1 fully saturated rings. The van der Waals surface area contributed by atoms with Crippen molar-refractivity contribution >= 4 is 39.1 Å². The van der Waals surface area contributed by atoms with E-state index >= 15 is 0 Å². The normalized spacial score (nSPS) is 17.6. The number of nitrogens with one attached hydrogen (secondary N) is 1.